The first-order valence-corrected chi connectivity index (χ1v) is 7.23. The van der Waals surface area contributed by atoms with E-state index in [0.29, 0.717) is 24.0 Å². The molecule has 1 aliphatic carbocycles. The van der Waals surface area contributed by atoms with Gasteiger partial charge in [-0.25, -0.2) is 0 Å². The van der Waals surface area contributed by atoms with Crippen LogP contribution in [0.15, 0.2) is 48.5 Å². The van der Waals surface area contributed by atoms with Crippen molar-refractivity contribution >= 4 is 0 Å². The van der Waals surface area contributed by atoms with E-state index in [9.17, 15) is 0 Å². The molecule has 0 radical (unpaired) electrons. The third kappa shape index (κ3) is 1.24. The molecule has 1 heteroatoms. The van der Waals surface area contributed by atoms with Crippen LogP contribution in [0.2, 0.25) is 0 Å². The van der Waals surface area contributed by atoms with Crippen LogP contribution >= 0.6 is 0 Å². The number of benzene rings is 2. The van der Waals surface area contributed by atoms with Crippen molar-refractivity contribution in [2.45, 2.75) is 25.0 Å². The van der Waals surface area contributed by atoms with Gasteiger partial charge in [0.25, 0.3) is 0 Å². The van der Waals surface area contributed by atoms with E-state index in [1.807, 2.05) is 0 Å². The maximum atomic E-state index is 6.32. The molecule has 2 aromatic carbocycles. The van der Waals surface area contributed by atoms with Crippen molar-refractivity contribution in [3.63, 3.8) is 0 Å². The van der Waals surface area contributed by atoms with Gasteiger partial charge in [-0.2, -0.15) is 0 Å². The fourth-order valence-electron chi connectivity index (χ4n) is 4.43. The molecule has 0 spiro atoms. The lowest BCUT2D eigenvalue weighted by atomic mass is 9.67. The second kappa shape index (κ2) is 3.49. The summed E-state index contributed by atoms with van der Waals surface area (Å²) in [5.41, 5.74) is 5.98. The predicted octanol–water partition coefficient (Wildman–Crippen LogP) is 3.84. The molecule has 0 amide bonds. The van der Waals surface area contributed by atoms with Crippen LogP contribution in [0, 0.1) is 11.8 Å². The minimum absolute atomic E-state index is 0.347. The van der Waals surface area contributed by atoms with Crippen LogP contribution in [-0.4, -0.2) is 0 Å². The predicted molar refractivity (Wildman–Crippen MR) is 73.8 cm³/mol. The van der Waals surface area contributed by atoms with Crippen LogP contribution < -0.4 is 0 Å². The van der Waals surface area contributed by atoms with Crippen molar-refractivity contribution in [1.82, 2.24) is 0 Å². The summed E-state index contributed by atoms with van der Waals surface area (Å²) in [4.78, 5) is 0. The Morgan fingerprint density at radius 2 is 1.16 bits per heavy atom. The summed E-state index contributed by atoms with van der Waals surface area (Å²) >= 11 is 0. The van der Waals surface area contributed by atoms with Gasteiger partial charge in [0, 0.05) is 0 Å². The number of hydrogen-bond donors (Lipinski definition) is 0. The zero-order chi connectivity index (χ0) is 12.4. The van der Waals surface area contributed by atoms with Crippen molar-refractivity contribution in [3.05, 3.63) is 70.8 Å². The molecule has 0 unspecified atom stereocenters. The van der Waals surface area contributed by atoms with Crippen LogP contribution in [-0.2, 0) is 17.6 Å². The highest BCUT2D eigenvalue weighted by Gasteiger charge is 2.53. The lowest BCUT2D eigenvalue weighted by Gasteiger charge is -2.34. The van der Waals surface area contributed by atoms with Crippen molar-refractivity contribution in [1.29, 1.82) is 0 Å². The van der Waals surface area contributed by atoms with E-state index < -0.39 is 0 Å². The maximum Gasteiger partial charge on any atom is 0.0872 e. The van der Waals surface area contributed by atoms with Crippen molar-refractivity contribution in [3.8, 4) is 0 Å². The van der Waals surface area contributed by atoms with Crippen molar-refractivity contribution in [2.75, 3.05) is 0 Å². The van der Waals surface area contributed by atoms with Crippen LogP contribution in [0.3, 0.4) is 0 Å². The molecule has 94 valence electrons. The summed E-state index contributed by atoms with van der Waals surface area (Å²) in [6, 6.07) is 17.7. The molecule has 1 nitrogen and oxygen atoms in total. The maximum absolute atomic E-state index is 6.32. The third-order valence-corrected chi connectivity index (χ3v) is 5.26. The van der Waals surface area contributed by atoms with Crippen LogP contribution in [0.1, 0.15) is 34.5 Å². The molecular formula is C18H16O. The number of fused-ring (bicyclic) bond motifs is 9. The quantitative estimate of drug-likeness (QED) is 0.688. The van der Waals surface area contributed by atoms with E-state index >= 15 is 0 Å². The first kappa shape index (κ1) is 10.2. The van der Waals surface area contributed by atoms with E-state index in [4.69, 9.17) is 4.74 Å². The normalized spacial score (nSPS) is 33.7. The molecule has 0 aromatic heterocycles. The van der Waals surface area contributed by atoms with Gasteiger partial charge in [-0.05, 0) is 46.9 Å². The summed E-state index contributed by atoms with van der Waals surface area (Å²) in [5.74, 6) is 1.38. The molecule has 3 aliphatic rings. The molecule has 1 fully saturated rings. The van der Waals surface area contributed by atoms with Crippen LogP contribution in [0.4, 0.5) is 0 Å². The zero-order valence-electron chi connectivity index (χ0n) is 10.8. The summed E-state index contributed by atoms with van der Waals surface area (Å²) in [7, 11) is 0. The summed E-state index contributed by atoms with van der Waals surface area (Å²) in [5, 5.41) is 0. The number of ether oxygens (including phenoxy) is 1. The lowest BCUT2D eigenvalue weighted by molar-refractivity contribution is 0.0546. The molecule has 2 aromatic rings. The van der Waals surface area contributed by atoms with Crippen molar-refractivity contribution in [2.24, 2.45) is 11.8 Å². The largest absolute Gasteiger partial charge is 0.365 e. The molecule has 2 aliphatic heterocycles. The highest BCUT2D eigenvalue weighted by atomic mass is 16.5. The smallest absolute Gasteiger partial charge is 0.0872 e. The third-order valence-electron chi connectivity index (χ3n) is 5.26. The monoisotopic (exact) mass is 248 g/mol. The first-order valence-electron chi connectivity index (χ1n) is 7.23. The second-order valence-corrected chi connectivity index (χ2v) is 6.11. The summed E-state index contributed by atoms with van der Waals surface area (Å²) < 4.78 is 6.32. The van der Waals surface area contributed by atoms with Gasteiger partial charge in [-0.15, -0.1) is 0 Å². The Kier molecular flexibility index (Phi) is 1.88. The van der Waals surface area contributed by atoms with Crippen molar-refractivity contribution < 1.29 is 4.74 Å². The van der Waals surface area contributed by atoms with E-state index in [1.165, 1.54) is 35.1 Å². The first-order chi connectivity index (χ1) is 9.42. The SMILES string of the molecule is c1ccc2c(c1)C[C@@H]1[C@@H](C2)[C@H]2O[C@H]1c1ccccc12. The second-order valence-electron chi connectivity index (χ2n) is 6.11. The molecule has 4 atom stereocenters. The van der Waals surface area contributed by atoms with E-state index in [0.717, 1.165) is 0 Å². The highest BCUT2D eigenvalue weighted by Crippen LogP contribution is 2.60. The van der Waals surface area contributed by atoms with E-state index in [-0.39, 0.29) is 0 Å². The fraction of sp³-hybridized carbons (Fsp3) is 0.333. The summed E-state index contributed by atoms with van der Waals surface area (Å²) in [6.45, 7) is 0. The zero-order valence-corrected chi connectivity index (χ0v) is 10.8. The molecule has 0 saturated carbocycles. The van der Waals surface area contributed by atoms with Gasteiger partial charge in [-0.1, -0.05) is 48.5 Å². The van der Waals surface area contributed by atoms with Gasteiger partial charge in [0.1, 0.15) is 0 Å². The van der Waals surface area contributed by atoms with E-state index in [2.05, 4.69) is 48.5 Å². The number of rotatable bonds is 0. The highest BCUT2D eigenvalue weighted by molar-refractivity contribution is 5.42. The van der Waals surface area contributed by atoms with Gasteiger partial charge in [-0.3, -0.25) is 0 Å². The average Bonchev–Trinajstić information content (AvgIpc) is 3.02. The van der Waals surface area contributed by atoms with Gasteiger partial charge >= 0.3 is 0 Å². The molecule has 5 rings (SSSR count). The molecule has 0 N–H and O–H groups in total. The molecule has 2 heterocycles. The Balaban J connectivity index is 1.62. The Morgan fingerprint density at radius 3 is 1.68 bits per heavy atom. The topological polar surface area (TPSA) is 9.23 Å². The Labute approximate surface area is 113 Å². The Bertz CT molecular complexity index is 604. The van der Waals surface area contributed by atoms with Crippen LogP contribution in [0.5, 0.6) is 0 Å². The standard InChI is InChI=1S/C18H16O/c1-2-6-12-10-16-15(9-11(12)5-1)17-13-7-3-4-8-14(13)18(16)19-17/h1-8,15-18H,9-10H2/t15-,16-,17+,18+/m1/s1. The minimum atomic E-state index is 0.347. The van der Waals surface area contributed by atoms with Gasteiger partial charge in [0.2, 0.25) is 0 Å². The fourth-order valence-corrected chi connectivity index (χ4v) is 4.43. The Hall–Kier alpha value is -1.60. The minimum Gasteiger partial charge on any atom is -0.365 e. The van der Waals surface area contributed by atoms with E-state index in [1.54, 1.807) is 0 Å². The van der Waals surface area contributed by atoms with Gasteiger partial charge in [0.05, 0.1) is 12.2 Å². The molecule has 1 saturated heterocycles. The molecule has 2 bridgehead atoms. The number of hydrogen-bond acceptors (Lipinski definition) is 1. The Morgan fingerprint density at radius 1 is 0.684 bits per heavy atom. The van der Waals surface area contributed by atoms with Gasteiger partial charge in [0.15, 0.2) is 0 Å². The molecule has 19 heavy (non-hydrogen) atoms. The summed E-state index contributed by atoms with van der Waals surface area (Å²) in [6.07, 6.45) is 3.08. The lowest BCUT2D eigenvalue weighted by Crippen LogP contribution is -2.29. The average molecular weight is 248 g/mol. The molecular weight excluding hydrogens is 232 g/mol. The van der Waals surface area contributed by atoms with Crippen LogP contribution in [0.25, 0.3) is 0 Å². The van der Waals surface area contributed by atoms with Gasteiger partial charge < -0.3 is 4.74 Å².